The lowest BCUT2D eigenvalue weighted by Gasteiger charge is -2.24. The molecule has 4 aromatic rings. The molecule has 39 heavy (non-hydrogen) atoms. The van der Waals surface area contributed by atoms with Gasteiger partial charge in [-0.1, -0.05) is 48.9 Å². The zero-order chi connectivity index (χ0) is 27.2. The Kier molecular flexibility index (Phi) is 8.61. The Labute approximate surface area is 234 Å². The van der Waals surface area contributed by atoms with Gasteiger partial charge in [-0.3, -0.25) is 9.78 Å². The molecule has 3 aromatic carbocycles. The van der Waals surface area contributed by atoms with Crippen molar-refractivity contribution in [1.29, 1.82) is 0 Å². The lowest BCUT2D eigenvalue weighted by Crippen LogP contribution is -2.31. The number of carbonyl (C=O) groups is 1. The molecule has 1 aromatic heterocycles. The van der Waals surface area contributed by atoms with E-state index in [1.54, 1.807) is 4.90 Å². The van der Waals surface area contributed by atoms with Crippen molar-refractivity contribution in [3.63, 3.8) is 0 Å². The molecule has 0 spiro atoms. The summed E-state index contributed by atoms with van der Waals surface area (Å²) in [7, 11) is 0. The average molecular weight is 540 g/mol. The first-order chi connectivity index (χ1) is 19.0. The van der Waals surface area contributed by atoms with Crippen molar-refractivity contribution in [1.82, 2.24) is 10.5 Å². The van der Waals surface area contributed by atoms with Gasteiger partial charge in [-0.25, -0.2) is 0 Å². The van der Waals surface area contributed by atoms with E-state index in [9.17, 15) is 4.79 Å². The molecule has 0 aliphatic heterocycles. The largest absolute Gasteiger partial charge is 0.399 e. The number of nitrogens with zero attached hydrogens (tertiary/aromatic N) is 2. The summed E-state index contributed by atoms with van der Waals surface area (Å²) in [6.07, 6.45) is 2.83. The second-order valence-corrected chi connectivity index (χ2v) is 10.3. The Morgan fingerprint density at radius 3 is 2.56 bits per heavy atom. The summed E-state index contributed by atoms with van der Waals surface area (Å²) in [5.74, 6) is 0.679. The highest BCUT2D eigenvalue weighted by Gasteiger charge is 2.26. The minimum absolute atomic E-state index is 0.00746. The number of anilines is 1. The maximum Gasteiger partial charge on any atom is 0.258 e. The number of hydrogen-bond donors (Lipinski definition) is 1. The monoisotopic (exact) mass is 539 g/mol. The van der Waals surface area contributed by atoms with Crippen molar-refractivity contribution in [3.05, 3.63) is 124 Å². The maximum atomic E-state index is 13.8. The Balaban J connectivity index is 1.32. The molecule has 0 radical (unpaired) electrons. The summed E-state index contributed by atoms with van der Waals surface area (Å²) in [5.41, 5.74) is 11.1. The van der Waals surface area contributed by atoms with Crippen LogP contribution in [0, 0.1) is 13.8 Å². The van der Waals surface area contributed by atoms with E-state index in [2.05, 4.69) is 29.5 Å². The fraction of sp³-hybridized carbons (Fsp3) is 0.250. The molecule has 1 aliphatic rings. The second-order valence-electron chi connectivity index (χ2n) is 9.85. The summed E-state index contributed by atoms with van der Waals surface area (Å²) >= 11 is 0.914. The summed E-state index contributed by atoms with van der Waals surface area (Å²) < 4.78 is 11.3. The predicted molar refractivity (Wildman–Crippen MR) is 156 cm³/mol. The van der Waals surface area contributed by atoms with Crippen LogP contribution in [-0.2, 0) is 23.7 Å². The van der Waals surface area contributed by atoms with Crippen molar-refractivity contribution >= 4 is 23.9 Å². The van der Waals surface area contributed by atoms with E-state index in [0.29, 0.717) is 12.1 Å². The Morgan fingerprint density at radius 1 is 1.03 bits per heavy atom. The summed E-state index contributed by atoms with van der Waals surface area (Å²) in [6, 6.07) is 27.8. The highest BCUT2D eigenvalue weighted by Crippen LogP contribution is 2.35. The first kappa shape index (κ1) is 26.9. The normalized spacial score (nSPS) is 14.2. The first-order valence-electron chi connectivity index (χ1n) is 13.3. The number of nitrogens with one attached hydrogen (secondary N) is 1. The molecule has 1 unspecified atom stereocenters. The van der Waals surface area contributed by atoms with Crippen molar-refractivity contribution in [2.24, 2.45) is 0 Å². The van der Waals surface area contributed by atoms with Crippen molar-refractivity contribution < 1.29 is 13.3 Å². The first-order valence-corrected chi connectivity index (χ1v) is 14.0. The molecule has 1 heterocycles. The van der Waals surface area contributed by atoms with Gasteiger partial charge in [-0.2, -0.15) is 9.76 Å². The third-order valence-electron chi connectivity index (χ3n) is 7.01. The van der Waals surface area contributed by atoms with E-state index in [1.165, 1.54) is 11.1 Å². The Bertz CT molecular complexity index is 1420. The SMILES string of the molecule is CCc1ccc(OSONC2CCc3ccc(N(Cc4cccc(C)n4)C(=O)c4ccc(C)cc4)cc32)cc1. The van der Waals surface area contributed by atoms with Crippen molar-refractivity contribution in [3.8, 4) is 5.75 Å². The standard InChI is InChI=1S/C32H33N3O3S/c1-4-24-10-17-29(18-11-24)37-39-38-34-31-19-15-25-14-16-28(20-30(25)31)35(21-27-7-5-6-23(3)33-27)32(36)26-12-8-22(2)9-13-26/h5-14,16-18,20,31,34H,4,15,19,21H2,1-3H3. The Hall–Kier alpha value is -3.65. The molecule has 7 heteroatoms. The fourth-order valence-corrected chi connectivity index (χ4v) is 5.16. The molecule has 1 aliphatic carbocycles. The number of rotatable bonds is 10. The molecule has 200 valence electrons. The molecule has 6 nitrogen and oxygen atoms in total. The topological polar surface area (TPSA) is 63.7 Å². The van der Waals surface area contributed by atoms with Crippen molar-refractivity contribution in [2.45, 2.75) is 52.6 Å². The van der Waals surface area contributed by atoms with Gasteiger partial charge in [-0.15, -0.1) is 0 Å². The molecule has 1 N–H and O–H groups in total. The van der Waals surface area contributed by atoms with Crippen LogP contribution in [0.5, 0.6) is 5.75 Å². The molecular formula is C32H33N3O3S. The van der Waals surface area contributed by atoms with Gasteiger partial charge >= 0.3 is 0 Å². The third-order valence-corrected chi connectivity index (χ3v) is 7.44. The number of aryl methyl sites for hydroxylation is 4. The second kappa shape index (κ2) is 12.5. The van der Waals surface area contributed by atoms with Crippen LogP contribution in [0.1, 0.15) is 63.4 Å². The maximum absolute atomic E-state index is 13.8. The van der Waals surface area contributed by atoms with Gasteiger partial charge in [0.15, 0.2) is 0 Å². The molecule has 1 atom stereocenters. The zero-order valence-electron chi connectivity index (χ0n) is 22.5. The quantitative estimate of drug-likeness (QED) is 0.130. The van der Waals surface area contributed by atoms with E-state index in [1.807, 2.05) is 86.6 Å². The lowest BCUT2D eigenvalue weighted by atomic mass is 10.1. The van der Waals surface area contributed by atoms with E-state index in [-0.39, 0.29) is 11.9 Å². The molecule has 1 amide bonds. The van der Waals surface area contributed by atoms with Crippen LogP contribution in [0.4, 0.5) is 5.69 Å². The number of amides is 1. The van der Waals surface area contributed by atoms with Crippen molar-refractivity contribution in [2.75, 3.05) is 4.90 Å². The van der Waals surface area contributed by atoms with Crippen LogP contribution in [0.25, 0.3) is 0 Å². The number of fused-ring (bicyclic) bond motifs is 1. The smallest absolute Gasteiger partial charge is 0.258 e. The number of benzene rings is 3. The van der Waals surface area contributed by atoms with E-state index < -0.39 is 0 Å². The number of carbonyl (C=O) groups excluding carboxylic acids is 1. The number of hydroxylamine groups is 1. The highest BCUT2D eigenvalue weighted by atomic mass is 32.2. The molecular weight excluding hydrogens is 506 g/mol. The molecule has 5 rings (SSSR count). The fourth-order valence-electron chi connectivity index (χ4n) is 4.78. The minimum atomic E-state index is -0.0601. The highest BCUT2D eigenvalue weighted by molar-refractivity contribution is 7.90. The van der Waals surface area contributed by atoms with Gasteiger partial charge in [0, 0.05) is 16.9 Å². The van der Waals surface area contributed by atoms with E-state index in [0.717, 1.165) is 65.5 Å². The van der Waals surface area contributed by atoms with Gasteiger partial charge < -0.3 is 9.08 Å². The van der Waals surface area contributed by atoms with Crippen LogP contribution < -0.4 is 14.6 Å². The van der Waals surface area contributed by atoms with Crippen LogP contribution in [0.15, 0.2) is 84.9 Å². The van der Waals surface area contributed by atoms with Crippen LogP contribution in [-0.4, -0.2) is 10.9 Å². The number of hydrogen-bond acceptors (Lipinski definition) is 6. The molecule has 0 saturated carbocycles. The number of pyridine rings is 1. The van der Waals surface area contributed by atoms with Gasteiger partial charge in [0.1, 0.15) is 5.75 Å². The van der Waals surface area contributed by atoms with E-state index >= 15 is 0 Å². The van der Waals surface area contributed by atoms with Crippen LogP contribution in [0.2, 0.25) is 0 Å². The molecule has 0 saturated heterocycles. The summed E-state index contributed by atoms with van der Waals surface area (Å²) in [4.78, 5) is 20.2. The van der Waals surface area contributed by atoms with Gasteiger partial charge in [0.25, 0.3) is 5.91 Å². The lowest BCUT2D eigenvalue weighted by molar-refractivity contribution is 0.0984. The van der Waals surface area contributed by atoms with Gasteiger partial charge in [-0.05, 0) is 98.3 Å². The predicted octanol–water partition coefficient (Wildman–Crippen LogP) is 7.26. The van der Waals surface area contributed by atoms with Gasteiger partial charge in [0.05, 0.1) is 18.3 Å². The summed E-state index contributed by atoms with van der Waals surface area (Å²) in [6.45, 7) is 6.48. The van der Waals surface area contributed by atoms with Crippen LogP contribution >= 0.6 is 12.3 Å². The third kappa shape index (κ3) is 6.68. The van der Waals surface area contributed by atoms with Gasteiger partial charge in [0.2, 0.25) is 12.3 Å². The molecule has 0 bridgehead atoms. The zero-order valence-corrected chi connectivity index (χ0v) is 23.3. The van der Waals surface area contributed by atoms with E-state index in [4.69, 9.17) is 8.47 Å². The number of aromatic nitrogens is 1. The average Bonchev–Trinajstić information content (AvgIpc) is 3.36. The summed E-state index contributed by atoms with van der Waals surface area (Å²) in [5, 5.41) is 0. The Morgan fingerprint density at radius 2 is 1.82 bits per heavy atom. The minimum Gasteiger partial charge on any atom is -0.399 e. The van der Waals surface area contributed by atoms with Crippen LogP contribution in [0.3, 0.4) is 0 Å². The molecule has 0 fully saturated rings.